The maximum Gasteiger partial charge on any atom is 0.326 e. The minimum Gasteiger partial charge on any atom is -0.480 e. The first-order chi connectivity index (χ1) is 16.6. The van der Waals surface area contributed by atoms with Crippen molar-refractivity contribution in [2.75, 3.05) is 18.6 Å². The van der Waals surface area contributed by atoms with Crippen LogP contribution in [0.4, 0.5) is 0 Å². The Balaban J connectivity index is 2.06. The monoisotopic (exact) mass is 506 g/mol. The molecule has 0 bridgehead atoms. The molecule has 1 saturated heterocycles. The van der Waals surface area contributed by atoms with Crippen molar-refractivity contribution in [1.29, 1.82) is 0 Å². The summed E-state index contributed by atoms with van der Waals surface area (Å²) in [5, 5.41) is 14.8. The number of likely N-dealkylation sites (tertiary alicyclic amines) is 1. The van der Waals surface area contributed by atoms with Crippen molar-refractivity contribution >= 4 is 35.5 Å². The first kappa shape index (κ1) is 28.6. The summed E-state index contributed by atoms with van der Waals surface area (Å²) in [6.07, 6.45) is 4.02. The lowest BCUT2D eigenvalue weighted by Gasteiger charge is -2.29. The van der Waals surface area contributed by atoms with Crippen LogP contribution in [0.5, 0.6) is 0 Å². The summed E-state index contributed by atoms with van der Waals surface area (Å²) in [7, 11) is 0. The molecule has 1 aromatic rings. The zero-order valence-corrected chi connectivity index (χ0v) is 21.6. The van der Waals surface area contributed by atoms with Crippen LogP contribution in [0.25, 0.3) is 0 Å². The maximum absolute atomic E-state index is 13.2. The summed E-state index contributed by atoms with van der Waals surface area (Å²) in [5.74, 6) is -1.68. The normalized spacial score (nSPS) is 18.1. The molecule has 35 heavy (non-hydrogen) atoms. The van der Waals surface area contributed by atoms with E-state index in [0.29, 0.717) is 38.0 Å². The molecule has 3 amide bonds. The van der Waals surface area contributed by atoms with Crippen LogP contribution < -0.4 is 16.4 Å². The van der Waals surface area contributed by atoms with Gasteiger partial charge in [0.05, 0.1) is 6.04 Å². The number of carbonyl (C=O) groups is 4. The molecule has 0 aromatic heterocycles. The number of nitrogens with two attached hydrogens (primary N) is 1. The first-order valence-electron chi connectivity index (χ1n) is 12.1. The molecule has 1 aliphatic rings. The molecule has 0 saturated carbocycles. The van der Waals surface area contributed by atoms with Gasteiger partial charge in [-0.3, -0.25) is 14.4 Å². The van der Waals surface area contributed by atoms with Gasteiger partial charge < -0.3 is 26.4 Å². The van der Waals surface area contributed by atoms with E-state index in [9.17, 15) is 24.3 Å². The van der Waals surface area contributed by atoms with Gasteiger partial charge in [0.25, 0.3) is 0 Å². The number of hydrogen-bond donors (Lipinski definition) is 4. The zero-order chi connectivity index (χ0) is 26.0. The van der Waals surface area contributed by atoms with E-state index in [0.717, 1.165) is 5.56 Å². The minimum absolute atomic E-state index is 0.0844. The minimum atomic E-state index is -1.11. The lowest BCUT2D eigenvalue weighted by molar-refractivity contribution is -0.143. The highest BCUT2D eigenvalue weighted by Crippen LogP contribution is 2.20. The van der Waals surface area contributed by atoms with E-state index in [4.69, 9.17) is 5.73 Å². The van der Waals surface area contributed by atoms with Crippen molar-refractivity contribution in [3.8, 4) is 0 Å². The molecule has 10 heteroatoms. The summed E-state index contributed by atoms with van der Waals surface area (Å²) < 4.78 is 0. The molecule has 0 radical (unpaired) electrons. The average Bonchev–Trinajstić information content (AvgIpc) is 3.30. The van der Waals surface area contributed by atoms with Crippen molar-refractivity contribution in [3.63, 3.8) is 0 Å². The molecule has 9 nitrogen and oxygen atoms in total. The molecule has 1 fully saturated rings. The van der Waals surface area contributed by atoms with Crippen LogP contribution in [-0.2, 0) is 25.6 Å². The van der Waals surface area contributed by atoms with E-state index >= 15 is 0 Å². The summed E-state index contributed by atoms with van der Waals surface area (Å²) in [5.41, 5.74) is 7.13. The van der Waals surface area contributed by atoms with Crippen molar-refractivity contribution in [2.45, 2.75) is 70.1 Å². The Bertz CT molecular complexity index is 867. The standard InChI is InChI=1S/C25H38N4O5S/c1-16(2)14-20(22(30)27-19(25(33)34)11-13-35-3)28-23(31)21-10-7-12-29(21)24(32)18(26)15-17-8-5-4-6-9-17/h4-6,8-9,16,18-21H,7,10-15,26H2,1-3H3,(H,27,30)(H,28,31)(H,33,34). The van der Waals surface area contributed by atoms with Gasteiger partial charge in [0.15, 0.2) is 0 Å². The second-order valence-electron chi connectivity index (χ2n) is 9.36. The summed E-state index contributed by atoms with van der Waals surface area (Å²) in [4.78, 5) is 52.2. The van der Waals surface area contributed by atoms with Crippen LogP contribution in [0, 0.1) is 5.92 Å². The number of nitrogens with zero attached hydrogens (tertiary/aromatic N) is 1. The van der Waals surface area contributed by atoms with E-state index in [1.807, 2.05) is 50.4 Å². The third-order valence-electron chi connectivity index (χ3n) is 6.02. The molecule has 0 spiro atoms. The largest absolute Gasteiger partial charge is 0.480 e. The van der Waals surface area contributed by atoms with Crippen LogP contribution in [-0.4, -0.2) is 76.4 Å². The number of carbonyl (C=O) groups excluding carboxylic acids is 3. The Hall–Kier alpha value is -2.59. The maximum atomic E-state index is 13.2. The smallest absolute Gasteiger partial charge is 0.326 e. The highest BCUT2D eigenvalue weighted by Gasteiger charge is 2.38. The number of carboxylic acid groups (broad SMARTS) is 1. The molecule has 1 aliphatic heterocycles. The lowest BCUT2D eigenvalue weighted by Crippen LogP contribution is -2.57. The summed E-state index contributed by atoms with van der Waals surface area (Å²) in [6, 6.07) is 6.06. The number of benzene rings is 1. The van der Waals surface area contributed by atoms with Crippen LogP contribution >= 0.6 is 11.8 Å². The van der Waals surface area contributed by atoms with Crippen LogP contribution in [0.3, 0.4) is 0 Å². The third kappa shape index (κ3) is 8.85. The number of nitrogens with one attached hydrogen (secondary N) is 2. The van der Waals surface area contributed by atoms with Crippen molar-refractivity contribution < 1.29 is 24.3 Å². The highest BCUT2D eigenvalue weighted by atomic mass is 32.2. The zero-order valence-electron chi connectivity index (χ0n) is 20.7. The number of amides is 3. The number of carboxylic acids is 1. The Morgan fingerprint density at radius 3 is 2.43 bits per heavy atom. The van der Waals surface area contributed by atoms with Crippen molar-refractivity contribution in [1.82, 2.24) is 15.5 Å². The predicted octanol–water partition coefficient (Wildman–Crippen LogP) is 1.40. The fraction of sp³-hybridized carbons (Fsp3) is 0.600. The second-order valence-corrected chi connectivity index (χ2v) is 10.3. The number of hydrogen-bond acceptors (Lipinski definition) is 6. The van der Waals surface area contributed by atoms with Crippen LogP contribution in [0.1, 0.15) is 45.1 Å². The van der Waals surface area contributed by atoms with Gasteiger partial charge in [0.1, 0.15) is 18.1 Å². The Kier molecular flexibility index (Phi) is 11.5. The predicted molar refractivity (Wildman–Crippen MR) is 137 cm³/mol. The van der Waals surface area contributed by atoms with E-state index in [-0.39, 0.29) is 18.2 Å². The average molecular weight is 507 g/mol. The molecule has 4 atom stereocenters. The third-order valence-corrected chi connectivity index (χ3v) is 6.66. The number of aliphatic carboxylic acids is 1. The van der Waals surface area contributed by atoms with Gasteiger partial charge in [-0.05, 0) is 55.6 Å². The van der Waals surface area contributed by atoms with E-state index in [2.05, 4.69) is 10.6 Å². The van der Waals surface area contributed by atoms with E-state index in [1.54, 1.807) is 0 Å². The Morgan fingerprint density at radius 1 is 1.14 bits per heavy atom. The fourth-order valence-corrected chi connectivity index (χ4v) is 4.68. The SMILES string of the molecule is CSCCC(NC(=O)C(CC(C)C)NC(=O)C1CCCN1C(=O)C(N)Cc1ccccc1)C(=O)O. The molecule has 5 N–H and O–H groups in total. The fourth-order valence-electron chi connectivity index (χ4n) is 4.21. The van der Waals surface area contributed by atoms with Crippen molar-refractivity contribution in [2.24, 2.45) is 11.7 Å². The van der Waals surface area contributed by atoms with E-state index < -0.39 is 42.0 Å². The van der Waals surface area contributed by atoms with Gasteiger partial charge in [-0.1, -0.05) is 44.2 Å². The van der Waals surface area contributed by atoms with Crippen LogP contribution in [0.15, 0.2) is 30.3 Å². The van der Waals surface area contributed by atoms with Gasteiger partial charge in [-0.15, -0.1) is 0 Å². The van der Waals surface area contributed by atoms with Crippen LogP contribution in [0.2, 0.25) is 0 Å². The molecule has 1 heterocycles. The van der Waals surface area contributed by atoms with Crippen molar-refractivity contribution in [3.05, 3.63) is 35.9 Å². The molecule has 4 unspecified atom stereocenters. The Labute approximate surface area is 211 Å². The first-order valence-corrected chi connectivity index (χ1v) is 13.5. The van der Waals surface area contributed by atoms with Gasteiger partial charge in [0.2, 0.25) is 17.7 Å². The molecule has 2 rings (SSSR count). The van der Waals surface area contributed by atoms with Gasteiger partial charge in [-0.25, -0.2) is 4.79 Å². The number of rotatable bonds is 13. The van der Waals surface area contributed by atoms with Gasteiger partial charge >= 0.3 is 5.97 Å². The highest BCUT2D eigenvalue weighted by molar-refractivity contribution is 7.98. The second kappa shape index (κ2) is 14.1. The molecule has 0 aliphatic carbocycles. The number of thioether (sulfide) groups is 1. The molecule has 194 valence electrons. The van der Waals surface area contributed by atoms with Gasteiger partial charge in [-0.2, -0.15) is 11.8 Å². The quantitative estimate of drug-likeness (QED) is 0.317. The summed E-state index contributed by atoms with van der Waals surface area (Å²) >= 11 is 1.49. The molecule has 1 aromatic carbocycles. The van der Waals surface area contributed by atoms with Gasteiger partial charge in [0, 0.05) is 6.54 Å². The topological polar surface area (TPSA) is 142 Å². The van der Waals surface area contributed by atoms with E-state index in [1.165, 1.54) is 16.7 Å². The molecular weight excluding hydrogens is 468 g/mol. The summed E-state index contributed by atoms with van der Waals surface area (Å²) in [6.45, 7) is 4.27. The Morgan fingerprint density at radius 2 is 1.83 bits per heavy atom. The lowest BCUT2D eigenvalue weighted by atomic mass is 10.0. The molecular formula is C25H38N4O5S.